The highest BCUT2D eigenvalue weighted by Gasteiger charge is 2.25. The molecule has 5 nitrogen and oxygen atoms in total. The number of carboxylic acid groups (broad SMARTS) is 1. The first-order chi connectivity index (χ1) is 14.0. The first kappa shape index (κ1) is 17.7. The second-order valence-electron chi connectivity index (χ2n) is 8.01. The summed E-state index contributed by atoms with van der Waals surface area (Å²) >= 11 is 0. The minimum atomic E-state index is -0.916. The number of benzene rings is 2. The highest BCUT2D eigenvalue weighted by molar-refractivity contribution is 5.97. The number of fused-ring (bicyclic) bond motifs is 2. The molecule has 29 heavy (non-hydrogen) atoms. The number of anilines is 1. The van der Waals surface area contributed by atoms with Crippen LogP contribution in [-0.4, -0.2) is 33.6 Å². The predicted molar refractivity (Wildman–Crippen MR) is 117 cm³/mol. The number of aromatic amines is 1. The third-order valence-corrected chi connectivity index (χ3v) is 5.93. The van der Waals surface area contributed by atoms with Crippen molar-refractivity contribution >= 4 is 33.5 Å². The molecule has 0 spiro atoms. The number of hydrogen-bond donors (Lipinski definition) is 2. The Morgan fingerprint density at radius 2 is 2.00 bits per heavy atom. The number of nitrogens with zero attached hydrogens (tertiary/aromatic N) is 2. The van der Waals surface area contributed by atoms with Gasteiger partial charge in [-0.3, -0.25) is 0 Å². The van der Waals surface area contributed by atoms with E-state index in [1.165, 1.54) is 5.39 Å². The van der Waals surface area contributed by atoms with Gasteiger partial charge in [0.15, 0.2) is 0 Å². The molecule has 0 aliphatic carbocycles. The molecule has 0 amide bonds. The topological polar surface area (TPSA) is 69.2 Å². The summed E-state index contributed by atoms with van der Waals surface area (Å²) in [6.07, 6.45) is 2.31. The van der Waals surface area contributed by atoms with E-state index < -0.39 is 5.97 Å². The van der Waals surface area contributed by atoms with Crippen molar-refractivity contribution in [1.82, 2.24) is 9.97 Å². The Hall–Kier alpha value is -3.34. The molecule has 146 valence electrons. The Balaban J connectivity index is 1.74. The van der Waals surface area contributed by atoms with E-state index in [1.807, 2.05) is 0 Å². The van der Waals surface area contributed by atoms with Crippen molar-refractivity contribution in [2.24, 2.45) is 0 Å². The normalized spacial score (nSPS) is 16.8. The Labute approximate surface area is 169 Å². The van der Waals surface area contributed by atoms with Crippen LogP contribution in [0.2, 0.25) is 0 Å². The maximum absolute atomic E-state index is 11.4. The Kier molecular flexibility index (Phi) is 4.05. The van der Waals surface area contributed by atoms with Gasteiger partial charge in [0.05, 0.1) is 22.5 Å². The molecule has 0 bridgehead atoms. The maximum atomic E-state index is 11.4. The molecular weight excluding hydrogens is 362 g/mol. The van der Waals surface area contributed by atoms with Crippen LogP contribution in [0.1, 0.15) is 35.8 Å². The summed E-state index contributed by atoms with van der Waals surface area (Å²) in [6, 6.07) is 16.2. The Bertz CT molecular complexity index is 1260. The number of H-pyrrole nitrogens is 1. The highest BCUT2D eigenvalue weighted by atomic mass is 16.4. The predicted octanol–water partition coefficient (Wildman–Crippen LogP) is 5.38. The third kappa shape index (κ3) is 3.03. The minimum Gasteiger partial charge on any atom is -0.478 e. The van der Waals surface area contributed by atoms with E-state index in [0.29, 0.717) is 6.04 Å². The molecule has 5 rings (SSSR count). The van der Waals surface area contributed by atoms with Crippen LogP contribution in [0.15, 0.2) is 48.5 Å². The maximum Gasteiger partial charge on any atom is 0.335 e. The SMILES string of the molecule is Cc1cc2cc(-c3nc4ccc(C(=O)O)cc4cc3N3CCC[C@@H]3C)ccc2[nH]1. The Morgan fingerprint density at radius 1 is 1.14 bits per heavy atom. The monoisotopic (exact) mass is 385 g/mol. The van der Waals surface area contributed by atoms with E-state index in [-0.39, 0.29) is 5.56 Å². The molecule has 5 heteroatoms. The molecule has 1 fully saturated rings. The molecule has 0 saturated carbocycles. The van der Waals surface area contributed by atoms with Gasteiger partial charge in [-0.15, -0.1) is 0 Å². The standard InChI is InChI=1S/C24H23N3O2/c1-14-10-18-11-16(5-7-20(18)25-14)23-22(27-9-3-4-15(27)2)13-19-12-17(24(28)29)6-8-21(19)26-23/h5-8,10-13,15,25H,3-4,9H2,1-2H3,(H,28,29)/t15-/m0/s1. The fraction of sp³-hybridized carbons (Fsp3) is 0.250. The van der Waals surface area contributed by atoms with Crippen LogP contribution in [0.5, 0.6) is 0 Å². The van der Waals surface area contributed by atoms with Gasteiger partial charge in [0, 0.05) is 40.1 Å². The van der Waals surface area contributed by atoms with Crippen molar-refractivity contribution in [3.05, 3.63) is 59.8 Å². The number of carbonyl (C=O) groups is 1. The summed E-state index contributed by atoms with van der Waals surface area (Å²) < 4.78 is 0. The fourth-order valence-electron chi connectivity index (χ4n) is 4.45. The minimum absolute atomic E-state index is 0.289. The van der Waals surface area contributed by atoms with Gasteiger partial charge in [-0.05, 0) is 69.2 Å². The van der Waals surface area contributed by atoms with E-state index >= 15 is 0 Å². The average Bonchev–Trinajstić information content (AvgIpc) is 3.30. The zero-order valence-electron chi connectivity index (χ0n) is 16.6. The summed E-state index contributed by atoms with van der Waals surface area (Å²) in [6.45, 7) is 5.30. The summed E-state index contributed by atoms with van der Waals surface area (Å²) in [4.78, 5) is 22.2. The quantitative estimate of drug-likeness (QED) is 0.497. The van der Waals surface area contributed by atoms with Crippen molar-refractivity contribution in [3.63, 3.8) is 0 Å². The van der Waals surface area contributed by atoms with Gasteiger partial charge in [0.2, 0.25) is 0 Å². The zero-order chi connectivity index (χ0) is 20.1. The molecule has 2 N–H and O–H groups in total. The highest BCUT2D eigenvalue weighted by Crippen LogP contribution is 2.37. The lowest BCUT2D eigenvalue weighted by Crippen LogP contribution is -2.27. The first-order valence-corrected chi connectivity index (χ1v) is 10.0. The van der Waals surface area contributed by atoms with Crippen LogP contribution in [0.3, 0.4) is 0 Å². The first-order valence-electron chi connectivity index (χ1n) is 10.0. The largest absolute Gasteiger partial charge is 0.478 e. The summed E-state index contributed by atoms with van der Waals surface area (Å²) in [7, 11) is 0. The van der Waals surface area contributed by atoms with Crippen LogP contribution < -0.4 is 4.90 Å². The molecule has 0 radical (unpaired) electrons. The van der Waals surface area contributed by atoms with Crippen LogP contribution in [0, 0.1) is 6.92 Å². The van der Waals surface area contributed by atoms with Crippen molar-refractivity contribution in [2.45, 2.75) is 32.7 Å². The van der Waals surface area contributed by atoms with Gasteiger partial charge >= 0.3 is 5.97 Å². The second kappa shape index (κ2) is 6.62. The number of rotatable bonds is 3. The molecular formula is C24H23N3O2. The Morgan fingerprint density at radius 3 is 2.76 bits per heavy atom. The summed E-state index contributed by atoms with van der Waals surface area (Å²) in [5.41, 5.74) is 6.47. The van der Waals surface area contributed by atoms with Crippen molar-refractivity contribution in [3.8, 4) is 11.3 Å². The molecule has 3 heterocycles. The van der Waals surface area contributed by atoms with Crippen LogP contribution >= 0.6 is 0 Å². The molecule has 1 aliphatic heterocycles. The number of aromatic carboxylic acids is 1. The lowest BCUT2D eigenvalue weighted by atomic mass is 10.0. The van der Waals surface area contributed by atoms with E-state index in [0.717, 1.165) is 58.4 Å². The van der Waals surface area contributed by atoms with E-state index in [1.54, 1.807) is 18.2 Å². The van der Waals surface area contributed by atoms with Gasteiger partial charge in [0.25, 0.3) is 0 Å². The molecule has 0 unspecified atom stereocenters. The van der Waals surface area contributed by atoms with Crippen LogP contribution in [0.4, 0.5) is 5.69 Å². The summed E-state index contributed by atoms with van der Waals surface area (Å²) in [5, 5.41) is 11.4. The second-order valence-corrected chi connectivity index (χ2v) is 8.01. The number of nitrogens with one attached hydrogen (secondary N) is 1. The fourth-order valence-corrected chi connectivity index (χ4v) is 4.45. The average molecular weight is 385 g/mol. The number of hydrogen-bond acceptors (Lipinski definition) is 3. The molecule has 4 aromatic rings. The van der Waals surface area contributed by atoms with Gasteiger partial charge in [-0.2, -0.15) is 0 Å². The van der Waals surface area contributed by atoms with Gasteiger partial charge in [-0.1, -0.05) is 6.07 Å². The number of pyridine rings is 1. The van der Waals surface area contributed by atoms with Gasteiger partial charge in [-0.25, -0.2) is 9.78 Å². The van der Waals surface area contributed by atoms with E-state index in [4.69, 9.17) is 4.98 Å². The third-order valence-electron chi connectivity index (χ3n) is 5.93. The smallest absolute Gasteiger partial charge is 0.335 e. The molecule has 2 aromatic carbocycles. The molecule has 1 atom stereocenters. The number of carboxylic acids is 1. The zero-order valence-corrected chi connectivity index (χ0v) is 16.6. The van der Waals surface area contributed by atoms with Gasteiger partial charge in [0.1, 0.15) is 0 Å². The molecule has 1 aliphatic rings. The van der Waals surface area contributed by atoms with Gasteiger partial charge < -0.3 is 15.0 Å². The number of aromatic nitrogens is 2. The molecule has 1 saturated heterocycles. The van der Waals surface area contributed by atoms with Crippen LogP contribution in [0.25, 0.3) is 33.1 Å². The van der Waals surface area contributed by atoms with Crippen molar-refractivity contribution < 1.29 is 9.90 Å². The lowest BCUT2D eigenvalue weighted by molar-refractivity contribution is 0.0697. The van der Waals surface area contributed by atoms with Crippen molar-refractivity contribution in [1.29, 1.82) is 0 Å². The van der Waals surface area contributed by atoms with E-state index in [9.17, 15) is 9.90 Å². The van der Waals surface area contributed by atoms with E-state index in [2.05, 4.69) is 54.1 Å². The lowest BCUT2D eigenvalue weighted by Gasteiger charge is -2.26. The van der Waals surface area contributed by atoms with Crippen molar-refractivity contribution in [2.75, 3.05) is 11.4 Å². The summed E-state index contributed by atoms with van der Waals surface area (Å²) in [5.74, 6) is -0.916. The number of aryl methyl sites for hydroxylation is 1. The van der Waals surface area contributed by atoms with Crippen LogP contribution in [-0.2, 0) is 0 Å². The molecule has 2 aromatic heterocycles.